The molecule has 1 heterocycles. The van der Waals surface area contributed by atoms with Crippen LogP contribution in [-0.2, 0) is 11.4 Å². The average molecular weight is 580 g/mol. The molecular weight excluding hydrogens is 558 g/mol. The summed E-state index contributed by atoms with van der Waals surface area (Å²) in [6.07, 6.45) is 1.77. The summed E-state index contributed by atoms with van der Waals surface area (Å²) in [5.41, 5.74) is 2.35. The second-order valence-electron chi connectivity index (χ2n) is 8.52. The molecule has 0 radical (unpaired) electrons. The van der Waals surface area contributed by atoms with Gasteiger partial charge in [-0.15, -0.1) is 0 Å². The van der Waals surface area contributed by atoms with Gasteiger partial charge in [-0.2, -0.15) is 0 Å². The van der Waals surface area contributed by atoms with E-state index in [1.54, 1.807) is 47.4 Å². The largest absolute Gasteiger partial charge is 0.486 e. The second kappa shape index (κ2) is 11.9. The Kier molecular flexibility index (Phi) is 8.91. The quantitative estimate of drug-likeness (QED) is 0.262. The van der Waals surface area contributed by atoms with Gasteiger partial charge in [-0.1, -0.05) is 72.4 Å². The smallest absolute Gasteiger partial charge is 0.266 e. The minimum absolute atomic E-state index is 0.114. The monoisotopic (exact) mass is 578 g/mol. The third-order valence-corrected chi connectivity index (χ3v) is 7.17. The third kappa shape index (κ3) is 6.78. The Hall–Kier alpha value is -2.15. The van der Waals surface area contributed by atoms with Crippen LogP contribution in [0.25, 0.3) is 6.08 Å². The number of aliphatic imine (C=N–C) groups is 1. The fraction of sp³-hybridized carbons (Fsp3) is 0.185. The molecule has 4 nitrogen and oxygen atoms in total. The average Bonchev–Trinajstić information content (AvgIpc) is 3.09. The molecule has 1 amide bonds. The number of benzene rings is 3. The van der Waals surface area contributed by atoms with E-state index in [0.29, 0.717) is 54.6 Å². The summed E-state index contributed by atoms with van der Waals surface area (Å²) in [5.74, 6) is 0.536. The Morgan fingerprint density at radius 2 is 1.53 bits per heavy atom. The zero-order valence-corrected chi connectivity index (χ0v) is 23.3. The van der Waals surface area contributed by atoms with Gasteiger partial charge in [0.05, 0.1) is 20.6 Å². The van der Waals surface area contributed by atoms with Crippen LogP contribution in [0.4, 0.5) is 5.69 Å². The number of ether oxygens (including phenoxy) is 1. The number of hydrogen-bond acceptors (Lipinski definition) is 4. The summed E-state index contributed by atoms with van der Waals surface area (Å²) in [7, 11) is 0. The van der Waals surface area contributed by atoms with Crippen LogP contribution in [0.5, 0.6) is 5.75 Å². The number of carbonyl (C=O) groups is 1. The summed E-state index contributed by atoms with van der Waals surface area (Å²) in [4.78, 5) is 20.2. The lowest BCUT2D eigenvalue weighted by molar-refractivity contribution is -0.122. The topological polar surface area (TPSA) is 41.9 Å². The molecule has 0 aromatic heterocycles. The maximum Gasteiger partial charge on any atom is 0.266 e. The highest BCUT2D eigenvalue weighted by molar-refractivity contribution is 8.18. The van der Waals surface area contributed by atoms with E-state index >= 15 is 0 Å². The molecule has 1 saturated heterocycles. The first-order valence-electron chi connectivity index (χ1n) is 11.1. The fourth-order valence-corrected chi connectivity index (χ4v) is 5.30. The van der Waals surface area contributed by atoms with Crippen molar-refractivity contribution in [3.8, 4) is 5.75 Å². The van der Waals surface area contributed by atoms with Gasteiger partial charge in [-0.3, -0.25) is 9.69 Å². The van der Waals surface area contributed by atoms with Crippen molar-refractivity contribution in [2.75, 3.05) is 6.54 Å². The number of amides is 1. The van der Waals surface area contributed by atoms with Crippen LogP contribution < -0.4 is 4.74 Å². The van der Waals surface area contributed by atoms with Gasteiger partial charge in [0.25, 0.3) is 5.91 Å². The SMILES string of the molecule is CC(C)CN1C(=O)/C(=C/c2cc(Cl)c(OCc3ccc(Cl)cc3)c(Cl)c2)SC1=Nc1ccc(Cl)cc1. The van der Waals surface area contributed by atoms with Crippen molar-refractivity contribution in [1.29, 1.82) is 0 Å². The summed E-state index contributed by atoms with van der Waals surface area (Å²) < 4.78 is 5.86. The molecule has 0 bridgehead atoms. The van der Waals surface area contributed by atoms with E-state index in [-0.39, 0.29) is 11.8 Å². The lowest BCUT2D eigenvalue weighted by Gasteiger charge is -2.17. The lowest BCUT2D eigenvalue weighted by Crippen LogP contribution is -2.32. The number of nitrogens with zero attached hydrogens (tertiary/aromatic N) is 2. The normalized spacial score (nSPS) is 16.0. The van der Waals surface area contributed by atoms with Crippen molar-refractivity contribution < 1.29 is 9.53 Å². The third-order valence-electron chi connectivity index (χ3n) is 5.10. The van der Waals surface area contributed by atoms with Gasteiger partial charge in [-0.25, -0.2) is 4.99 Å². The van der Waals surface area contributed by atoms with Gasteiger partial charge in [0.1, 0.15) is 6.61 Å². The summed E-state index contributed by atoms with van der Waals surface area (Å²) in [6, 6.07) is 18.0. The van der Waals surface area contributed by atoms with Crippen LogP contribution in [0.1, 0.15) is 25.0 Å². The van der Waals surface area contributed by atoms with Crippen LogP contribution in [0.15, 0.2) is 70.6 Å². The zero-order valence-electron chi connectivity index (χ0n) is 19.5. The number of halogens is 4. The molecule has 3 aromatic rings. The van der Waals surface area contributed by atoms with E-state index in [1.807, 2.05) is 24.3 Å². The first kappa shape index (κ1) is 26.9. The van der Waals surface area contributed by atoms with Gasteiger partial charge in [-0.05, 0) is 83.4 Å². The highest BCUT2D eigenvalue weighted by atomic mass is 35.5. The van der Waals surface area contributed by atoms with E-state index < -0.39 is 0 Å². The van der Waals surface area contributed by atoms with Gasteiger partial charge in [0.15, 0.2) is 10.9 Å². The molecule has 1 aliphatic rings. The molecule has 3 aromatic carbocycles. The molecule has 36 heavy (non-hydrogen) atoms. The fourth-order valence-electron chi connectivity index (χ4n) is 3.43. The summed E-state index contributed by atoms with van der Waals surface area (Å²) >= 11 is 26.2. The van der Waals surface area contributed by atoms with Crippen LogP contribution in [0.2, 0.25) is 20.1 Å². The number of carbonyl (C=O) groups excluding carboxylic acids is 1. The number of thioether (sulfide) groups is 1. The van der Waals surface area contributed by atoms with Crippen LogP contribution >= 0.6 is 58.2 Å². The van der Waals surface area contributed by atoms with E-state index in [0.717, 1.165) is 11.3 Å². The van der Waals surface area contributed by atoms with E-state index in [1.165, 1.54) is 11.8 Å². The van der Waals surface area contributed by atoms with Crippen molar-refractivity contribution in [2.45, 2.75) is 20.5 Å². The predicted octanol–water partition coefficient (Wildman–Crippen LogP) is 9.14. The number of amidine groups is 1. The molecule has 0 saturated carbocycles. The Morgan fingerprint density at radius 3 is 2.11 bits per heavy atom. The van der Waals surface area contributed by atoms with Gasteiger partial charge >= 0.3 is 0 Å². The van der Waals surface area contributed by atoms with Crippen molar-refractivity contribution >= 4 is 81.0 Å². The predicted molar refractivity (Wildman–Crippen MR) is 153 cm³/mol. The standard InChI is InChI=1S/C27H22Cl4N2O2S/c1-16(2)14-33-26(34)24(36-27(33)32-21-9-7-20(29)8-10-21)13-18-11-22(30)25(23(31)12-18)35-15-17-3-5-19(28)6-4-17/h3-13,16H,14-15H2,1-2H3/b24-13-,32-27?. The molecule has 4 rings (SSSR count). The highest BCUT2D eigenvalue weighted by Crippen LogP contribution is 2.38. The van der Waals surface area contributed by atoms with Gasteiger partial charge < -0.3 is 4.74 Å². The second-order valence-corrected chi connectivity index (χ2v) is 11.2. The minimum atomic E-state index is -0.114. The van der Waals surface area contributed by atoms with E-state index in [2.05, 4.69) is 18.8 Å². The van der Waals surface area contributed by atoms with Crippen molar-refractivity contribution in [1.82, 2.24) is 4.90 Å². The number of hydrogen-bond donors (Lipinski definition) is 0. The zero-order chi connectivity index (χ0) is 25.8. The van der Waals surface area contributed by atoms with Crippen LogP contribution in [0.3, 0.4) is 0 Å². The van der Waals surface area contributed by atoms with Gasteiger partial charge in [0.2, 0.25) is 0 Å². The Balaban J connectivity index is 1.57. The van der Waals surface area contributed by atoms with Crippen molar-refractivity contribution in [2.24, 2.45) is 10.9 Å². The Morgan fingerprint density at radius 1 is 0.944 bits per heavy atom. The minimum Gasteiger partial charge on any atom is -0.486 e. The first-order valence-corrected chi connectivity index (χ1v) is 13.4. The molecule has 1 aliphatic heterocycles. The Bertz CT molecular complexity index is 1300. The Labute approximate surface area is 234 Å². The van der Waals surface area contributed by atoms with E-state index in [9.17, 15) is 4.79 Å². The summed E-state index contributed by atoms with van der Waals surface area (Å²) in [5, 5.41) is 2.60. The molecule has 9 heteroatoms. The molecule has 0 aliphatic carbocycles. The summed E-state index contributed by atoms with van der Waals surface area (Å²) in [6.45, 7) is 4.96. The maximum absolute atomic E-state index is 13.3. The van der Waals surface area contributed by atoms with Crippen molar-refractivity contribution in [3.63, 3.8) is 0 Å². The lowest BCUT2D eigenvalue weighted by atomic mass is 10.2. The van der Waals surface area contributed by atoms with Crippen molar-refractivity contribution in [3.05, 3.63) is 96.8 Å². The molecule has 186 valence electrons. The highest BCUT2D eigenvalue weighted by Gasteiger charge is 2.33. The molecule has 0 unspecified atom stereocenters. The molecule has 0 spiro atoms. The molecule has 0 atom stereocenters. The molecular formula is C27H22Cl4N2O2S. The van der Waals surface area contributed by atoms with Crippen LogP contribution in [-0.4, -0.2) is 22.5 Å². The van der Waals surface area contributed by atoms with Gasteiger partial charge in [0, 0.05) is 16.6 Å². The molecule has 1 fully saturated rings. The maximum atomic E-state index is 13.3. The first-order chi connectivity index (χ1) is 17.2. The molecule has 0 N–H and O–H groups in total. The number of rotatable bonds is 7. The van der Waals surface area contributed by atoms with Crippen LogP contribution in [0, 0.1) is 5.92 Å². The van der Waals surface area contributed by atoms with E-state index in [4.69, 9.17) is 51.1 Å².